The molecule has 0 N–H and O–H groups in total. The van der Waals surface area contributed by atoms with Gasteiger partial charge in [-0.25, -0.2) is 8.42 Å². The van der Waals surface area contributed by atoms with E-state index in [1.54, 1.807) is 0 Å². The SMILES string of the molecule is CCCCOc1cccc(N2C(=NC(C)=O)S[C@@H]3CS(=O)(=O)C[C@@H]32)c1. The Morgan fingerprint density at radius 1 is 1.40 bits per heavy atom. The highest BCUT2D eigenvalue weighted by molar-refractivity contribution is 8.16. The Bertz CT molecular complexity index is 792. The average Bonchev–Trinajstić information content (AvgIpc) is 2.98. The number of carbonyl (C=O) groups is 1. The quantitative estimate of drug-likeness (QED) is 0.728. The van der Waals surface area contributed by atoms with Crippen LogP contribution in [-0.4, -0.2) is 48.9 Å². The van der Waals surface area contributed by atoms with Crippen LogP contribution in [0.4, 0.5) is 5.69 Å². The van der Waals surface area contributed by atoms with Crippen LogP contribution in [0, 0.1) is 0 Å². The smallest absolute Gasteiger partial charge is 0.244 e. The number of anilines is 1. The Morgan fingerprint density at radius 2 is 2.20 bits per heavy atom. The summed E-state index contributed by atoms with van der Waals surface area (Å²) in [4.78, 5) is 17.5. The molecule has 0 aliphatic carbocycles. The molecule has 2 fully saturated rings. The summed E-state index contributed by atoms with van der Waals surface area (Å²) in [5.41, 5.74) is 0.811. The highest BCUT2D eigenvalue weighted by Gasteiger charge is 2.49. The molecule has 3 rings (SSSR count). The van der Waals surface area contributed by atoms with Gasteiger partial charge in [-0.3, -0.25) is 4.79 Å². The van der Waals surface area contributed by atoms with Crippen LogP contribution in [-0.2, 0) is 14.6 Å². The summed E-state index contributed by atoms with van der Waals surface area (Å²) < 4.78 is 29.8. The van der Waals surface area contributed by atoms with Gasteiger partial charge in [0, 0.05) is 23.9 Å². The molecule has 0 unspecified atom stereocenters. The van der Waals surface area contributed by atoms with E-state index < -0.39 is 9.84 Å². The standard InChI is InChI=1S/C17H22N2O4S2/c1-3-4-8-23-14-7-5-6-13(9-14)19-15-10-25(21,22)11-16(15)24-17(19)18-12(2)20/h5-7,9,15-16H,3-4,8,10-11H2,1-2H3/t15-,16+/m0/s1. The van der Waals surface area contributed by atoms with Crippen molar-refractivity contribution in [1.82, 2.24) is 0 Å². The van der Waals surface area contributed by atoms with Crippen LogP contribution >= 0.6 is 11.8 Å². The maximum Gasteiger partial charge on any atom is 0.244 e. The van der Waals surface area contributed by atoms with E-state index in [0.717, 1.165) is 24.3 Å². The number of amides is 1. The third-order valence-electron chi connectivity index (χ3n) is 4.18. The fraction of sp³-hybridized carbons (Fsp3) is 0.529. The van der Waals surface area contributed by atoms with Gasteiger partial charge >= 0.3 is 0 Å². The summed E-state index contributed by atoms with van der Waals surface area (Å²) in [7, 11) is -3.06. The predicted molar refractivity (Wildman–Crippen MR) is 101 cm³/mol. The summed E-state index contributed by atoms with van der Waals surface area (Å²) in [6, 6.07) is 7.35. The number of benzene rings is 1. The molecule has 0 saturated carbocycles. The Morgan fingerprint density at radius 3 is 2.92 bits per heavy atom. The zero-order valence-electron chi connectivity index (χ0n) is 14.3. The van der Waals surface area contributed by atoms with Crippen molar-refractivity contribution in [3.8, 4) is 5.75 Å². The van der Waals surface area contributed by atoms with Crippen molar-refractivity contribution in [1.29, 1.82) is 0 Å². The van der Waals surface area contributed by atoms with Gasteiger partial charge in [0.05, 0.1) is 24.2 Å². The Labute approximate surface area is 152 Å². The van der Waals surface area contributed by atoms with Crippen molar-refractivity contribution in [3.05, 3.63) is 24.3 Å². The minimum Gasteiger partial charge on any atom is -0.494 e. The third kappa shape index (κ3) is 4.17. The molecule has 136 valence electrons. The summed E-state index contributed by atoms with van der Waals surface area (Å²) >= 11 is 1.38. The van der Waals surface area contributed by atoms with Gasteiger partial charge in [-0.2, -0.15) is 4.99 Å². The first kappa shape index (κ1) is 18.3. The zero-order valence-corrected chi connectivity index (χ0v) is 16.0. The number of ether oxygens (including phenoxy) is 1. The molecule has 2 heterocycles. The molecule has 8 heteroatoms. The Balaban J connectivity index is 1.91. The van der Waals surface area contributed by atoms with E-state index in [0.29, 0.717) is 11.8 Å². The van der Waals surface area contributed by atoms with Gasteiger partial charge in [0.1, 0.15) is 5.75 Å². The Kier molecular flexibility index (Phi) is 5.38. The molecule has 0 radical (unpaired) electrons. The van der Waals surface area contributed by atoms with Crippen molar-refractivity contribution < 1.29 is 17.9 Å². The molecule has 6 nitrogen and oxygen atoms in total. The molecular formula is C17H22N2O4S2. The van der Waals surface area contributed by atoms with Gasteiger partial charge in [0.15, 0.2) is 15.0 Å². The molecule has 0 bridgehead atoms. The van der Waals surface area contributed by atoms with Crippen LogP contribution in [0.15, 0.2) is 29.3 Å². The lowest BCUT2D eigenvalue weighted by Gasteiger charge is -2.24. The van der Waals surface area contributed by atoms with Crippen molar-refractivity contribution in [3.63, 3.8) is 0 Å². The van der Waals surface area contributed by atoms with Crippen LogP contribution < -0.4 is 9.64 Å². The first-order chi connectivity index (χ1) is 11.9. The topological polar surface area (TPSA) is 76.0 Å². The van der Waals surface area contributed by atoms with Gasteiger partial charge in [-0.1, -0.05) is 31.2 Å². The molecule has 1 aromatic carbocycles. The van der Waals surface area contributed by atoms with E-state index in [1.807, 2.05) is 29.2 Å². The summed E-state index contributed by atoms with van der Waals surface area (Å²) in [5, 5.41) is 0.482. The van der Waals surface area contributed by atoms with E-state index in [2.05, 4.69) is 11.9 Å². The first-order valence-electron chi connectivity index (χ1n) is 8.38. The zero-order chi connectivity index (χ0) is 18.0. The molecular weight excluding hydrogens is 360 g/mol. The lowest BCUT2D eigenvalue weighted by Crippen LogP contribution is -2.37. The molecule has 0 aromatic heterocycles. The first-order valence-corrected chi connectivity index (χ1v) is 11.1. The number of unbranched alkanes of at least 4 members (excludes halogenated alkanes) is 1. The minimum atomic E-state index is -3.06. The summed E-state index contributed by atoms with van der Waals surface area (Å²) in [5.74, 6) is 0.665. The number of carbonyl (C=O) groups excluding carboxylic acids is 1. The number of nitrogens with zero attached hydrogens (tertiary/aromatic N) is 2. The molecule has 1 aromatic rings. The fourth-order valence-electron chi connectivity index (χ4n) is 3.06. The van der Waals surface area contributed by atoms with Crippen molar-refractivity contribution in [2.24, 2.45) is 4.99 Å². The number of hydrogen-bond donors (Lipinski definition) is 0. The number of rotatable bonds is 5. The van der Waals surface area contributed by atoms with Gasteiger partial charge < -0.3 is 9.64 Å². The van der Waals surface area contributed by atoms with E-state index >= 15 is 0 Å². The second kappa shape index (κ2) is 7.37. The van der Waals surface area contributed by atoms with Gasteiger partial charge in [-0.05, 0) is 18.6 Å². The molecule has 2 aliphatic rings. The molecule has 0 spiro atoms. The van der Waals surface area contributed by atoms with Gasteiger partial charge in [-0.15, -0.1) is 0 Å². The lowest BCUT2D eigenvalue weighted by atomic mass is 10.2. The van der Waals surface area contributed by atoms with Crippen LogP contribution in [0.3, 0.4) is 0 Å². The molecule has 25 heavy (non-hydrogen) atoms. The Hall–Kier alpha value is -1.54. The lowest BCUT2D eigenvalue weighted by molar-refractivity contribution is -0.115. The van der Waals surface area contributed by atoms with E-state index in [1.165, 1.54) is 18.7 Å². The number of amidine groups is 1. The number of hydrogen-bond acceptors (Lipinski definition) is 5. The molecule has 1 amide bonds. The van der Waals surface area contributed by atoms with E-state index in [-0.39, 0.29) is 28.7 Å². The number of fused-ring (bicyclic) bond motifs is 1. The molecule has 2 saturated heterocycles. The van der Waals surface area contributed by atoms with E-state index in [4.69, 9.17) is 4.74 Å². The monoisotopic (exact) mass is 382 g/mol. The number of thioether (sulfide) groups is 1. The maximum atomic E-state index is 12.0. The second-order valence-corrected chi connectivity index (χ2v) is 9.64. The van der Waals surface area contributed by atoms with Crippen LogP contribution in [0.25, 0.3) is 0 Å². The highest BCUT2D eigenvalue weighted by Crippen LogP contribution is 2.41. The summed E-state index contributed by atoms with van der Waals surface area (Å²) in [6.45, 7) is 4.15. The summed E-state index contributed by atoms with van der Waals surface area (Å²) in [6.07, 6.45) is 2.03. The highest BCUT2D eigenvalue weighted by atomic mass is 32.2. The van der Waals surface area contributed by atoms with Crippen molar-refractivity contribution in [2.45, 2.75) is 38.0 Å². The molecule has 2 atom stereocenters. The third-order valence-corrected chi connectivity index (χ3v) is 7.39. The maximum absolute atomic E-state index is 12.0. The van der Waals surface area contributed by atoms with Crippen molar-refractivity contribution in [2.75, 3.05) is 23.0 Å². The van der Waals surface area contributed by atoms with Crippen LogP contribution in [0.1, 0.15) is 26.7 Å². The predicted octanol–water partition coefficient (Wildman–Crippen LogP) is 2.49. The number of sulfone groups is 1. The van der Waals surface area contributed by atoms with Crippen LogP contribution in [0.5, 0.6) is 5.75 Å². The molecule has 2 aliphatic heterocycles. The second-order valence-electron chi connectivity index (χ2n) is 6.28. The largest absolute Gasteiger partial charge is 0.494 e. The fourth-order valence-corrected chi connectivity index (χ4v) is 7.02. The van der Waals surface area contributed by atoms with E-state index in [9.17, 15) is 13.2 Å². The van der Waals surface area contributed by atoms with Gasteiger partial charge in [0.2, 0.25) is 5.91 Å². The number of aliphatic imine (C=N–C) groups is 1. The average molecular weight is 383 g/mol. The van der Waals surface area contributed by atoms with Gasteiger partial charge in [0.25, 0.3) is 0 Å². The normalized spacial score (nSPS) is 26.0. The van der Waals surface area contributed by atoms with Crippen LogP contribution in [0.2, 0.25) is 0 Å². The minimum absolute atomic E-state index is 0.0858. The van der Waals surface area contributed by atoms with Crippen molar-refractivity contribution >= 4 is 38.4 Å².